The van der Waals surface area contributed by atoms with Crippen LogP contribution in [-0.2, 0) is 10.0 Å². The van der Waals surface area contributed by atoms with Gasteiger partial charge in [-0.15, -0.1) is 0 Å². The summed E-state index contributed by atoms with van der Waals surface area (Å²) in [5, 5.41) is 0.321. The number of rotatable bonds is 9. The summed E-state index contributed by atoms with van der Waals surface area (Å²) < 4.78 is 35.8. The number of nitrogens with zero attached hydrogens (tertiary/aromatic N) is 1. The average molecular weight is 683 g/mol. The fourth-order valence-electron chi connectivity index (χ4n) is 2.65. The topological polar surface area (TPSA) is 85.4 Å². The smallest absolute Gasteiger partial charge is 0.261 e. The summed E-state index contributed by atoms with van der Waals surface area (Å²) in [5.41, 5.74) is 0.662. The van der Waals surface area contributed by atoms with Gasteiger partial charge in [0.1, 0.15) is 11.9 Å². The number of carbonyl (C=O) groups is 1. The Labute approximate surface area is 213 Å². The molecular formula is C21H17ClI2N2O4S. The van der Waals surface area contributed by atoms with Crippen LogP contribution in [0.4, 0.5) is 5.69 Å². The maximum absolute atomic E-state index is 12.9. The highest BCUT2D eigenvalue weighted by atomic mass is 127. The minimum Gasteiger partial charge on any atom is -0.489 e. The molecule has 1 heterocycles. The van der Waals surface area contributed by atoms with Crippen LogP contribution >= 0.6 is 56.8 Å². The lowest BCUT2D eigenvalue weighted by Gasteiger charge is -2.15. The molecule has 3 aromatic rings. The number of alkyl halides is 2. The third-order valence-electron chi connectivity index (χ3n) is 4.19. The van der Waals surface area contributed by atoms with Crippen molar-refractivity contribution in [3.05, 3.63) is 83.1 Å². The van der Waals surface area contributed by atoms with E-state index in [0.29, 0.717) is 16.3 Å². The van der Waals surface area contributed by atoms with Crippen LogP contribution < -0.4 is 9.46 Å². The summed E-state index contributed by atoms with van der Waals surface area (Å²) in [6.07, 6.45) is 3.04. The number of ketones is 1. The van der Waals surface area contributed by atoms with Crippen molar-refractivity contribution >= 4 is 78.3 Å². The molecule has 0 fully saturated rings. The maximum atomic E-state index is 12.9. The van der Waals surface area contributed by atoms with Gasteiger partial charge in [-0.05, 0) is 54.6 Å². The Bertz CT molecular complexity index is 1160. The summed E-state index contributed by atoms with van der Waals surface area (Å²) in [6, 6.07) is 13.7. The fourth-order valence-corrected chi connectivity index (χ4v) is 6.08. The second-order valence-electron chi connectivity index (χ2n) is 6.38. The standard InChI is InChI=1S/C21H17ClI2N2O4S/c22-15-1-6-20(19(11-15)21(27)14-7-9-25-10-8-14)26-31(28,29)18-4-2-16(3-5-18)30-17(12-23)13-24/h1-11,17,26H,12-13H2. The zero-order valence-electron chi connectivity index (χ0n) is 16.0. The molecule has 0 saturated heterocycles. The molecule has 2 aromatic carbocycles. The molecular weight excluding hydrogens is 666 g/mol. The third kappa shape index (κ3) is 6.30. The molecule has 1 N–H and O–H groups in total. The van der Waals surface area contributed by atoms with Gasteiger partial charge in [-0.2, -0.15) is 0 Å². The molecule has 0 aliphatic rings. The van der Waals surface area contributed by atoms with E-state index in [-0.39, 0.29) is 28.0 Å². The minimum atomic E-state index is -3.94. The Balaban J connectivity index is 1.87. The molecule has 0 aliphatic heterocycles. The van der Waals surface area contributed by atoms with Crippen molar-refractivity contribution in [3.63, 3.8) is 0 Å². The molecule has 1 aromatic heterocycles. The van der Waals surface area contributed by atoms with Crippen molar-refractivity contribution in [1.29, 1.82) is 0 Å². The Morgan fingerprint density at radius 2 is 1.68 bits per heavy atom. The monoisotopic (exact) mass is 682 g/mol. The number of aromatic nitrogens is 1. The van der Waals surface area contributed by atoms with E-state index < -0.39 is 10.0 Å². The molecule has 0 atom stereocenters. The predicted molar refractivity (Wildman–Crippen MR) is 139 cm³/mol. The van der Waals surface area contributed by atoms with Crippen LogP contribution in [0.15, 0.2) is 71.9 Å². The molecule has 0 aliphatic carbocycles. The summed E-state index contributed by atoms with van der Waals surface area (Å²) in [5.74, 6) is 0.229. The highest BCUT2D eigenvalue weighted by Gasteiger charge is 2.20. The van der Waals surface area contributed by atoms with Crippen molar-refractivity contribution in [1.82, 2.24) is 4.98 Å². The zero-order chi connectivity index (χ0) is 22.4. The molecule has 0 spiro atoms. The Kier molecular flexibility index (Phi) is 8.53. The number of hydrogen-bond donors (Lipinski definition) is 1. The molecule has 6 nitrogen and oxygen atoms in total. The lowest BCUT2D eigenvalue weighted by molar-refractivity contribution is 0.103. The Hall–Kier alpha value is -1.44. The van der Waals surface area contributed by atoms with Crippen molar-refractivity contribution in [2.24, 2.45) is 0 Å². The van der Waals surface area contributed by atoms with E-state index in [1.54, 1.807) is 24.3 Å². The van der Waals surface area contributed by atoms with Gasteiger partial charge in [0.2, 0.25) is 0 Å². The van der Waals surface area contributed by atoms with Crippen LogP contribution in [0.25, 0.3) is 0 Å². The molecule has 0 radical (unpaired) electrons. The van der Waals surface area contributed by atoms with Crippen LogP contribution in [0.1, 0.15) is 15.9 Å². The average Bonchev–Trinajstić information content (AvgIpc) is 2.79. The van der Waals surface area contributed by atoms with Crippen LogP contribution in [0.5, 0.6) is 5.75 Å². The molecule has 162 valence electrons. The molecule has 0 amide bonds. The summed E-state index contributed by atoms with van der Waals surface area (Å²) in [4.78, 5) is 16.9. The van der Waals surface area contributed by atoms with Gasteiger partial charge in [-0.3, -0.25) is 14.5 Å². The first kappa shape index (κ1) is 24.2. The fraction of sp³-hybridized carbons (Fsp3) is 0.143. The van der Waals surface area contributed by atoms with E-state index in [1.807, 2.05) is 0 Å². The van der Waals surface area contributed by atoms with Gasteiger partial charge in [-0.25, -0.2) is 8.42 Å². The van der Waals surface area contributed by atoms with Crippen LogP contribution in [0.3, 0.4) is 0 Å². The molecule has 10 heteroatoms. The first-order valence-electron chi connectivity index (χ1n) is 9.00. The number of nitrogens with one attached hydrogen (secondary N) is 1. The number of carbonyl (C=O) groups excluding carboxylic acids is 1. The minimum absolute atomic E-state index is 0.0533. The lowest BCUT2D eigenvalue weighted by Crippen LogP contribution is -2.19. The van der Waals surface area contributed by atoms with Crippen molar-refractivity contribution < 1.29 is 17.9 Å². The summed E-state index contributed by atoms with van der Waals surface area (Å²) >= 11 is 10.6. The lowest BCUT2D eigenvalue weighted by atomic mass is 10.0. The molecule has 31 heavy (non-hydrogen) atoms. The van der Waals surface area contributed by atoms with Gasteiger partial charge in [0.25, 0.3) is 10.0 Å². The second-order valence-corrected chi connectivity index (χ2v) is 10.3. The van der Waals surface area contributed by atoms with E-state index >= 15 is 0 Å². The number of hydrogen-bond acceptors (Lipinski definition) is 5. The molecule has 0 unspecified atom stereocenters. The molecule has 3 rings (SSSR count). The number of pyridine rings is 1. The Morgan fingerprint density at radius 3 is 2.29 bits per heavy atom. The van der Waals surface area contributed by atoms with Crippen molar-refractivity contribution in [2.45, 2.75) is 11.0 Å². The quantitative estimate of drug-likeness (QED) is 0.186. The number of ether oxygens (including phenoxy) is 1. The van der Waals surface area contributed by atoms with Crippen LogP contribution in [0.2, 0.25) is 5.02 Å². The van der Waals surface area contributed by atoms with E-state index in [9.17, 15) is 13.2 Å². The zero-order valence-corrected chi connectivity index (χ0v) is 21.9. The van der Waals surface area contributed by atoms with E-state index in [4.69, 9.17) is 16.3 Å². The van der Waals surface area contributed by atoms with Crippen molar-refractivity contribution in [2.75, 3.05) is 13.6 Å². The van der Waals surface area contributed by atoms with Gasteiger partial charge in [0.05, 0.1) is 10.6 Å². The normalized spacial score (nSPS) is 11.4. The van der Waals surface area contributed by atoms with E-state index in [0.717, 1.165) is 8.86 Å². The highest BCUT2D eigenvalue weighted by Crippen LogP contribution is 2.27. The first-order chi connectivity index (χ1) is 14.8. The summed E-state index contributed by atoms with van der Waals surface area (Å²) in [6.45, 7) is 0. The largest absolute Gasteiger partial charge is 0.489 e. The maximum Gasteiger partial charge on any atom is 0.261 e. The highest BCUT2D eigenvalue weighted by molar-refractivity contribution is 14.1. The van der Waals surface area contributed by atoms with Crippen molar-refractivity contribution in [3.8, 4) is 5.75 Å². The third-order valence-corrected chi connectivity index (χ3v) is 7.78. The van der Waals surface area contributed by atoms with E-state index in [2.05, 4.69) is 54.9 Å². The van der Waals surface area contributed by atoms with Gasteiger partial charge >= 0.3 is 0 Å². The number of halogens is 3. The SMILES string of the molecule is O=C(c1ccncc1)c1cc(Cl)ccc1NS(=O)(=O)c1ccc(OC(CI)CI)cc1. The number of sulfonamides is 1. The van der Waals surface area contributed by atoms with Gasteiger partial charge in [-0.1, -0.05) is 56.8 Å². The predicted octanol–water partition coefficient (Wildman–Crippen LogP) is 5.38. The number of benzene rings is 2. The number of anilines is 1. The van der Waals surface area contributed by atoms with Gasteiger partial charge < -0.3 is 4.74 Å². The first-order valence-corrected chi connectivity index (χ1v) is 13.9. The summed E-state index contributed by atoms with van der Waals surface area (Å²) in [7, 11) is -3.94. The molecule has 0 bridgehead atoms. The molecule has 0 saturated carbocycles. The van der Waals surface area contributed by atoms with Crippen LogP contribution in [0, 0.1) is 0 Å². The Morgan fingerprint density at radius 1 is 1.03 bits per heavy atom. The second kappa shape index (κ2) is 10.9. The van der Waals surface area contributed by atoms with Gasteiger partial charge in [0, 0.05) is 37.4 Å². The van der Waals surface area contributed by atoms with Gasteiger partial charge in [0.15, 0.2) is 5.78 Å². The van der Waals surface area contributed by atoms with E-state index in [1.165, 1.54) is 42.7 Å². The van der Waals surface area contributed by atoms with Crippen LogP contribution in [-0.4, -0.2) is 34.1 Å².